The van der Waals surface area contributed by atoms with Gasteiger partial charge in [-0.15, -0.1) is 0 Å². The summed E-state index contributed by atoms with van der Waals surface area (Å²) in [7, 11) is 0. The first-order valence-electron chi connectivity index (χ1n) is 8.72. The summed E-state index contributed by atoms with van der Waals surface area (Å²) in [4.78, 5) is 12.1. The molecular weight excluding hydrogens is 381 g/mol. The molecule has 2 aromatic carbocycles. The average Bonchev–Trinajstić information content (AvgIpc) is 2.95. The van der Waals surface area contributed by atoms with Gasteiger partial charge in [0.25, 0.3) is 5.91 Å². The molecule has 5 nitrogen and oxygen atoms in total. The van der Waals surface area contributed by atoms with Crippen LogP contribution in [0.3, 0.4) is 0 Å². The minimum Gasteiger partial charge on any atom is -0.399 e. The Labute approximate surface area is 165 Å². The average molecular weight is 400 g/mol. The van der Waals surface area contributed by atoms with Gasteiger partial charge in [0.1, 0.15) is 0 Å². The molecule has 0 atom stereocenters. The first-order chi connectivity index (χ1) is 13.7. The van der Waals surface area contributed by atoms with Crippen LogP contribution in [0.4, 0.5) is 18.9 Å². The summed E-state index contributed by atoms with van der Waals surface area (Å²) in [5.41, 5.74) is 10.8. The van der Waals surface area contributed by atoms with Gasteiger partial charge in [0.15, 0.2) is 0 Å². The molecule has 150 valence electrons. The SMILES string of the molecule is Cc1cc(/C=N\NC(=O)c2ccc(N)cc2)c(C)n1-c1cccc(C(F)(F)F)c1. The fourth-order valence-electron chi connectivity index (χ4n) is 3.00. The van der Waals surface area contributed by atoms with Gasteiger partial charge < -0.3 is 10.3 Å². The van der Waals surface area contributed by atoms with Gasteiger partial charge in [-0.3, -0.25) is 4.79 Å². The van der Waals surface area contributed by atoms with E-state index < -0.39 is 17.6 Å². The summed E-state index contributed by atoms with van der Waals surface area (Å²) in [5, 5.41) is 3.96. The predicted octanol–water partition coefficient (Wildman–Crippen LogP) is 4.46. The van der Waals surface area contributed by atoms with Crippen molar-refractivity contribution in [2.45, 2.75) is 20.0 Å². The maximum absolute atomic E-state index is 13.0. The van der Waals surface area contributed by atoms with Gasteiger partial charge in [-0.2, -0.15) is 18.3 Å². The summed E-state index contributed by atoms with van der Waals surface area (Å²) >= 11 is 0. The Balaban J connectivity index is 1.82. The van der Waals surface area contributed by atoms with E-state index in [-0.39, 0.29) is 0 Å². The fraction of sp³-hybridized carbons (Fsp3) is 0.143. The summed E-state index contributed by atoms with van der Waals surface area (Å²) in [6.07, 6.45) is -2.96. The lowest BCUT2D eigenvalue weighted by Gasteiger charge is -2.13. The van der Waals surface area contributed by atoms with Crippen molar-refractivity contribution in [3.63, 3.8) is 0 Å². The van der Waals surface area contributed by atoms with E-state index in [9.17, 15) is 18.0 Å². The van der Waals surface area contributed by atoms with Crippen molar-refractivity contribution in [3.05, 3.63) is 82.7 Å². The van der Waals surface area contributed by atoms with E-state index in [0.717, 1.165) is 17.8 Å². The number of rotatable bonds is 4. The maximum atomic E-state index is 13.0. The Kier molecular flexibility index (Phi) is 5.45. The predicted molar refractivity (Wildman–Crippen MR) is 106 cm³/mol. The third-order valence-corrected chi connectivity index (χ3v) is 4.44. The highest BCUT2D eigenvalue weighted by molar-refractivity contribution is 5.95. The third-order valence-electron chi connectivity index (χ3n) is 4.44. The van der Waals surface area contributed by atoms with Crippen molar-refractivity contribution in [2.24, 2.45) is 5.10 Å². The molecule has 3 rings (SSSR count). The number of hydrogen-bond acceptors (Lipinski definition) is 3. The van der Waals surface area contributed by atoms with Crippen LogP contribution in [-0.2, 0) is 6.18 Å². The van der Waals surface area contributed by atoms with E-state index in [1.54, 1.807) is 54.8 Å². The summed E-state index contributed by atoms with van der Waals surface area (Å²) in [5.74, 6) is -0.395. The quantitative estimate of drug-likeness (QED) is 0.386. The molecule has 0 fully saturated rings. The highest BCUT2D eigenvalue weighted by Gasteiger charge is 2.30. The molecule has 1 aromatic heterocycles. The molecule has 1 amide bonds. The second-order valence-electron chi connectivity index (χ2n) is 6.53. The lowest BCUT2D eigenvalue weighted by Crippen LogP contribution is -2.17. The first-order valence-corrected chi connectivity index (χ1v) is 8.72. The number of halogens is 3. The van der Waals surface area contributed by atoms with E-state index in [1.165, 1.54) is 12.3 Å². The molecule has 0 saturated heterocycles. The van der Waals surface area contributed by atoms with E-state index in [1.807, 2.05) is 0 Å². The number of amides is 1. The number of benzene rings is 2. The normalized spacial score (nSPS) is 11.8. The number of nitrogens with one attached hydrogen (secondary N) is 1. The topological polar surface area (TPSA) is 72.4 Å². The van der Waals surface area contributed by atoms with Crippen molar-refractivity contribution >= 4 is 17.8 Å². The highest BCUT2D eigenvalue weighted by Crippen LogP contribution is 2.31. The van der Waals surface area contributed by atoms with Crippen molar-refractivity contribution < 1.29 is 18.0 Å². The van der Waals surface area contributed by atoms with Crippen LogP contribution in [0, 0.1) is 13.8 Å². The molecule has 0 aliphatic heterocycles. The van der Waals surface area contributed by atoms with Gasteiger partial charge in [0, 0.05) is 33.9 Å². The van der Waals surface area contributed by atoms with Gasteiger partial charge in [-0.05, 0) is 62.4 Å². The number of aromatic nitrogens is 1. The van der Waals surface area contributed by atoms with Crippen LogP contribution in [0.2, 0.25) is 0 Å². The first kappa shape index (κ1) is 20.2. The number of nitrogens with two attached hydrogens (primary N) is 1. The largest absolute Gasteiger partial charge is 0.416 e. The van der Waals surface area contributed by atoms with Crippen molar-refractivity contribution in [1.29, 1.82) is 0 Å². The zero-order valence-corrected chi connectivity index (χ0v) is 15.8. The molecule has 0 radical (unpaired) electrons. The van der Waals surface area contributed by atoms with Gasteiger partial charge in [0.2, 0.25) is 0 Å². The Morgan fingerprint density at radius 2 is 1.79 bits per heavy atom. The number of alkyl halides is 3. The smallest absolute Gasteiger partial charge is 0.399 e. The van der Waals surface area contributed by atoms with Gasteiger partial charge in [-0.25, -0.2) is 5.43 Å². The molecule has 0 bridgehead atoms. The van der Waals surface area contributed by atoms with Crippen LogP contribution in [0.15, 0.2) is 59.7 Å². The van der Waals surface area contributed by atoms with Crippen molar-refractivity contribution in [1.82, 2.24) is 9.99 Å². The molecule has 0 spiro atoms. The second-order valence-corrected chi connectivity index (χ2v) is 6.53. The number of hydrazone groups is 1. The zero-order chi connectivity index (χ0) is 21.2. The molecule has 8 heteroatoms. The van der Waals surface area contributed by atoms with Crippen LogP contribution in [0.25, 0.3) is 5.69 Å². The van der Waals surface area contributed by atoms with Gasteiger partial charge in [0.05, 0.1) is 11.8 Å². The van der Waals surface area contributed by atoms with E-state index in [0.29, 0.717) is 28.2 Å². The van der Waals surface area contributed by atoms with Crippen LogP contribution in [-0.4, -0.2) is 16.7 Å². The number of carbonyl (C=O) groups excluding carboxylic acids is 1. The third kappa shape index (κ3) is 4.48. The zero-order valence-electron chi connectivity index (χ0n) is 15.8. The Morgan fingerprint density at radius 1 is 1.10 bits per heavy atom. The molecule has 29 heavy (non-hydrogen) atoms. The van der Waals surface area contributed by atoms with Gasteiger partial charge >= 0.3 is 6.18 Å². The molecule has 0 aliphatic rings. The minimum atomic E-state index is -4.42. The van der Waals surface area contributed by atoms with Crippen LogP contribution in [0.5, 0.6) is 0 Å². The van der Waals surface area contributed by atoms with E-state index in [2.05, 4.69) is 10.5 Å². The van der Waals surface area contributed by atoms with Crippen molar-refractivity contribution in [2.75, 3.05) is 5.73 Å². The number of nitrogens with zero attached hydrogens (tertiary/aromatic N) is 2. The molecule has 3 N–H and O–H groups in total. The van der Waals surface area contributed by atoms with Gasteiger partial charge in [-0.1, -0.05) is 6.07 Å². The number of aryl methyl sites for hydroxylation is 1. The molecule has 0 aliphatic carbocycles. The monoisotopic (exact) mass is 400 g/mol. The van der Waals surface area contributed by atoms with E-state index >= 15 is 0 Å². The molecule has 3 aromatic rings. The summed E-state index contributed by atoms with van der Waals surface area (Å²) in [6, 6.07) is 13.3. The standard InChI is InChI=1S/C21H19F3N4O/c1-13-10-16(12-26-27-20(29)15-6-8-18(25)9-7-15)14(2)28(13)19-5-3-4-17(11-19)21(22,23)24/h3-12H,25H2,1-2H3,(H,27,29)/b26-12-. The Morgan fingerprint density at radius 3 is 2.45 bits per heavy atom. The molecule has 1 heterocycles. The fourth-order valence-corrected chi connectivity index (χ4v) is 3.00. The second kappa shape index (κ2) is 7.83. The lowest BCUT2D eigenvalue weighted by atomic mass is 10.2. The summed E-state index contributed by atoms with van der Waals surface area (Å²) in [6.45, 7) is 3.56. The Hall–Kier alpha value is -3.55. The number of nitrogen functional groups attached to an aromatic ring is 1. The number of anilines is 1. The number of hydrogen-bond donors (Lipinski definition) is 2. The van der Waals surface area contributed by atoms with Crippen LogP contribution < -0.4 is 11.2 Å². The van der Waals surface area contributed by atoms with Crippen LogP contribution in [0.1, 0.15) is 32.9 Å². The maximum Gasteiger partial charge on any atom is 0.416 e. The van der Waals surface area contributed by atoms with Crippen molar-refractivity contribution in [3.8, 4) is 5.69 Å². The summed E-state index contributed by atoms with van der Waals surface area (Å²) < 4.78 is 40.8. The van der Waals surface area contributed by atoms with E-state index in [4.69, 9.17) is 5.73 Å². The van der Waals surface area contributed by atoms with Crippen LogP contribution >= 0.6 is 0 Å². The number of carbonyl (C=O) groups is 1. The lowest BCUT2D eigenvalue weighted by molar-refractivity contribution is -0.137. The minimum absolute atomic E-state index is 0.395. The molecular formula is C21H19F3N4O. The highest BCUT2D eigenvalue weighted by atomic mass is 19.4. The Bertz CT molecular complexity index is 1070. The molecule has 0 saturated carbocycles. The molecule has 0 unspecified atom stereocenters.